The zero-order chi connectivity index (χ0) is 13.1. The first-order valence-electron chi connectivity index (χ1n) is 5.30. The first kappa shape index (κ1) is 14.8. The number of piperazine rings is 1. The van der Waals surface area contributed by atoms with Crippen molar-refractivity contribution in [1.82, 2.24) is 13.9 Å². The van der Waals surface area contributed by atoms with Crippen molar-refractivity contribution >= 4 is 20.0 Å². The van der Waals surface area contributed by atoms with Gasteiger partial charge in [-0.25, -0.2) is 21.6 Å². The third kappa shape index (κ3) is 5.77. The molecular formula is C8H19N3O4S2. The van der Waals surface area contributed by atoms with Crippen LogP contribution in [0.5, 0.6) is 0 Å². The normalized spacial score (nSPS) is 20.6. The van der Waals surface area contributed by atoms with Crippen LogP contribution in [-0.2, 0) is 20.0 Å². The van der Waals surface area contributed by atoms with Gasteiger partial charge < -0.3 is 0 Å². The highest BCUT2D eigenvalue weighted by atomic mass is 32.2. The molecule has 0 saturated carbocycles. The van der Waals surface area contributed by atoms with Gasteiger partial charge in [-0.1, -0.05) is 0 Å². The molecule has 0 radical (unpaired) electrons. The van der Waals surface area contributed by atoms with Gasteiger partial charge in [0, 0.05) is 39.3 Å². The number of nitrogens with zero attached hydrogens (tertiary/aromatic N) is 2. The van der Waals surface area contributed by atoms with Crippen LogP contribution in [0, 0.1) is 0 Å². The second-order valence-electron chi connectivity index (χ2n) is 4.17. The van der Waals surface area contributed by atoms with E-state index in [4.69, 9.17) is 0 Å². The number of hydrogen-bond acceptors (Lipinski definition) is 5. The van der Waals surface area contributed by atoms with E-state index >= 15 is 0 Å². The third-order valence-corrected chi connectivity index (χ3v) is 4.62. The molecule has 0 aromatic rings. The van der Waals surface area contributed by atoms with E-state index in [1.54, 1.807) is 0 Å². The summed E-state index contributed by atoms with van der Waals surface area (Å²) in [7, 11) is -6.24. The summed E-state index contributed by atoms with van der Waals surface area (Å²) in [5, 5.41) is 0. The minimum absolute atomic E-state index is 0.359. The summed E-state index contributed by atoms with van der Waals surface area (Å²) in [4.78, 5) is 2.04. The van der Waals surface area contributed by atoms with Gasteiger partial charge in [0.05, 0.1) is 12.5 Å². The van der Waals surface area contributed by atoms with Gasteiger partial charge in [0.15, 0.2) is 0 Å². The van der Waals surface area contributed by atoms with Crippen molar-refractivity contribution in [3.05, 3.63) is 0 Å². The van der Waals surface area contributed by atoms with E-state index in [0.717, 1.165) is 6.26 Å². The second-order valence-corrected chi connectivity index (χ2v) is 7.99. The summed E-state index contributed by atoms with van der Waals surface area (Å²) in [5.74, 6) is 0. The van der Waals surface area contributed by atoms with Gasteiger partial charge in [-0.2, -0.15) is 4.31 Å². The molecule has 0 atom stereocenters. The Morgan fingerprint density at radius 3 is 1.94 bits per heavy atom. The summed E-state index contributed by atoms with van der Waals surface area (Å²) in [5.41, 5.74) is 0. The molecule has 1 fully saturated rings. The van der Waals surface area contributed by atoms with Gasteiger partial charge in [0.2, 0.25) is 20.0 Å². The van der Waals surface area contributed by atoms with Gasteiger partial charge >= 0.3 is 0 Å². The van der Waals surface area contributed by atoms with Crippen molar-refractivity contribution in [2.45, 2.75) is 0 Å². The van der Waals surface area contributed by atoms with Crippen molar-refractivity contribution < 1.29 is 16.8 Å². The fourth-order valence-corrected chi connectivity index (χ4v) is 2.96. The van der Waals surface area contributed by atoms with E-state index in [1.165, 1.54) is 10.6 Å². The molecule has 17 heavy (non-hydrogen) atoms. The zero-order valence-electron chi connectivity index (χ0n) is 10.1. The highest BCUT2D eigenvalue weighted by Crippen LogP contribution is 2.05. The smallest absolute Gasteiger partial charge is 0.211 e. The fraction of sp³-hybridized carbons (Fsp3) is 1.00. The fourth-order valence-electron chi connectivity index (χ4n) is 1.67. The lowest BCUT2D eigenvalue weighted by Gasteiger charge is -2.33. The highest BCUT2D eigenvalue weighted by molar-refractivity contribution is 7.88. The molecule has 1 heterocycles. The summed E-state index contributed by atoms with van der Waals surface area (Å²) in [6.45, 7) is 3.18. The molecule has 0 unspecified atom stereocenters. The first-order valence-corrected chi connectivity index (χ1v) is 9.04. The lowest BCUT2D eigenvalue weighted by atomic mass is 10.3. The average molecular weight is 285 g/mol. The maximum absolute atomic E-state index is 11.3. The van der Waals surface area contributed by atoms with Crippen LogP contribution < -0.4 is 4.72 Å². The molecule has 1 aliphatic rings. The predicted molar refractivity (Wildman–Crippen MR) is 65.7 cm³/mol. The molecule has 0 aromatic carbocycles. The van der Waals surface area contributed by atoms with E-state index in [2.05, 4.69) is 4.72 Å². The van der Waals surface area contributed by atoms with Crippen LogP contribution in [0.2, 0.25) is 0 Å². The predicted octanol–water partition coefficient (Wildman–Crippen LogP) is -1.89. The molecule has 1 rings (SSSR count). The topological polar surface area (TPSA) is 86.8 Å². The minimum atomic E-state index is -3.14. The SMILES string of the molecule is CS(=O)(=O)NCCN1CCN(S(C)(=O)=O)CC1. The molecule has 102 valence electrons. The van der Waals surface area contributed by atoms with Crippen LogP contribution in [0.4, 0.5) is 0 Å². The van der Waals surface area contributed by atoms with Crippen molar-refractivity contribution in [2.75, 3.05) is 51.8 Å². The molecule has 0 aromatic heterocycles. The van der Waals surface area contributed by atoms with Crippen LogP contribution >= 0.6 is 0 Å². The van der Waals surface area contributed by atoms with Gasteiger partial charge in [0.25, 0.3) is 0 Å². The Morgan fingerprint density at radius 1 is 1.00 bits per heavy atom. The molecule has 0 bridgehead atoms. The Kier molecular flexibility index (Phi) is 4.90. The number of rotatable bonds is 5. The van der Waals surface area contributed by atoms with Crippen LogP contribution in [-0.4, -0.2) is 77.8 Å². The van der Waals surface area contributed by atoms with E-state index in [-0.39, 0.29) is 0 Å². The first-order chi connectivity index (χ1) is 7.68. The summed E-state index contributed by atoms with van der Waals surface area (Å²) in [6, 6.07) is 0. The van der Waals surface area contributed by atoms with E-state index in [1.807, 2.05) is 4.90 Å². The van der Waals surface area contributed by atoms with Crippen LogP contribution in [0.15, 0.2) is 0 Å². The number of sulfonamides is 2. The van der Waals surface area contributed by atoms with E-state index in [0.29, 0.717) is 39.3 Å². The summed E-state index contributed by atoms with van der Waals surface area (Å²) >= 11 is 0. The number of hydrogen-bond donors (Lipinski definition) is 1. The summed E-state index contributed by atoms with van der Waals surface area (Å²) < 4.78 is 48.0. The Balaban J connectivity index is 2.29. The maximum Gasteiger partial charge on any atom is 0.211 e. The maximum atomic E-state index is 11.3. The molecule has 9 heteroatoms. The Labute approximate surface area is 103 Å². The highest BCUT2D eigenvalue weighted by Gasteiger charge is 2.22. The molecule has 0 aliphatic carbocycles. The molecule has 1 N–H and O–H groups in total. The Hall–Kier alpha value is -0.220. The van der Waals surface area contributed by atoms with Crippen molar-refractivity contribution in [1.29, 1.82) is 0 Å². The van der Waals surface area contributed by atoms with Crippen LogP contribution in [0.25, 0.3) is 0 Å². The minimum Gasteiger partial charge on any atom is -0.299 e. The lowest BCUT2D eigenvalue weighted by molar-refractivity contribution is 0.192. The van der Waals surface area contributed by atoms with Crippen molar-refractivity contribution in [3.8, 4) is 0 Å². The van der Waals surface area contributed by atoms with Gasteiger partial charge in [-0.3, -0.25) is 4.90 Å². The standard InChI is InChI=1S/C8H19N3O4S2/c1-16(12,13)9-3-4-10-5-7-11(8-6-10)17(2,14)15/h9H,3-8H2,1-2H3. The second kappa shape index (κ2) is 5.61. The van der Waals surface area contributed by atoms with E-state index in [9.17, 15) is 16.8 Å². The van der Waals surface area contributed by atoms with Gasteiger partial charge in [-0.15, -0.1) is 0 Å². The zero-order valence-corrected chi connectivity index (χ0v) is 11.7. The lowest BCUT2D eigenvalue weighted by Crippen LogP contribution is -2.49. The van der Waals surface area contributed by atoms with Gasteiger partial charge in [0.1, 0.15) is 0 Å². The molecule has 0 spiro atoms. The van der Waals surface area contributed by atoms with Crippen LogP contribution in [0.3, 0.4) is 0 Å². The van der Waals surface area contributed by atoms with Crippen molar-refractivity contribution in [2.24, 2.45) is 0 Å². The molecule has 0 amide bonds. The summed E-state index contributed by atoms with van der Waals surface area (Å²) in [6.07, 6.45) is 2.32. The van der Waals surface area contributed by atoms with E-state index < -0.39 is 20.0 Å². The van der Waals surface area contributed by atoms with Gasteiger partial charge in [-0.05, 0) is 0 Å². The third-order valence-electron chi connectivity index (χ3n) is 2.59. The Bertz CT molecular complexity index is 435. The largest absolute Gasteiger partial charge is 0.299 e. The van der Waals surface area contributed by atoms with Crippen LogP contribution in [0.1, 0.15) is 0 Å². The Morgan fingerprint density at radius 2 is 1.53 bits per heavy atom. The van der Waals surface area contributed by atoms with Crippen molar-refractivity contribution in [3.63, 3.8) is 0 Å². The quantitative estimate of drug-likeness (QED) is 0.638. The molecule has 1 aliphatic heterocycles. The molecular weight excluding hydrogens is 266 g/mol. The monoisotopic (exact) mass is 285 g/mol. The number of nitrogens with one attached hydrogen (secondary N) is 1. The molecule has 7 nitrogen and oxygen atoms in total. The molecule has 1 saturated heterocycles. The average Bonchev–Trinajstić information content (AvgIpc) is 2.15.